The number of rotatable bonds is 4. The number of benzene rings is 3. The normalized spacial score (nSPS) is 12.6. The molecule has 0 spiro atoms. The summed E-state index contributed by atoms with van der Waals surface area (Å²) in [6.45, 7) is 0. The molecule has 0 atom stereocenters. The van der Waals surface area contributed by atoms with Gasteiger partial charge in [0.05, 0.1) is 5.69 Å². The summed E-state index contributed by atoms with van der Waals surface area (Å²) in [6, 6.07) is 26.8. The van der Waals surface area contributed by atoms with Gasteiger partial charge in [-0.05, 0) is 60.7 Å². The van der Waals surface area contributed by atoms with Crippen LogP contribution in [0.5, 0.6) is 0 Å². The summed E-state index contributed by atoms with van der Waals surface area (Å²) < 4.78 is 0. The predicted molar refractivity (Wildman–Crippen MR) is 140 cm³/mol. The SMILES string of the molecule is O=C(O)Nc1ccc(Nc2ccnc3[nH]c(=O)c4ccccc4c23)cc1.c1ccc(C2CC2)cc1. The van der Waals surface area contributed by atoms with E-state index in [9.17, 15) is 9.59 Å². The average Bonchev–Trinajstić information content (AvgIpc) is 3.72. The van der Waals surface area contributed by atoms with Crippen molar-refractivity contribution in [3.63, 3.8) is 0 Å². The molecule has 174 valence electrons. The van der Waals surface area contributed by atoms with Crippen molar-refractivity contribution in [3.05, 3.63) is 107 Å². The Morgan fingerprint density at radius 2 is 1.51 bits per heavy atom. The number of nitrogens with zero attached hydrogens (tertiary/aromatic N) is 1. The monoisotopic (exact) mass is 464 g/mol. The van der Waals surface area contributed by atoms with Crippen LogP contribution in [0.1, 0.15) is 24.3 Å². The fourth-order valence-electron chi connectivity index (χ4n) is 4.07. The highest BCUT2D eigenvalue weighted by Gasteiger charge is 2.22. The smallest absolute Gasteiger partial charge is 0.409 e. The molecule has 2 heterocycles. The molecular weight excluding hydrogens is 440 g/mol. The highest BCUT2D eigenvalue weighted by molar-refractivity contribution is 6.10. The van der Waals surface area contributed by atoms with Gasteiger partial charge in [-0.2, -0.15) is 0 Å². The van der Waals surface area contributed by atoms with E-state index in [1.807, 2.05) is 24.3 Å². The molecule has 1 saturated carbocycles. The molecule has 3 aromatic carbocycles. The van der Waals surface area contributed by atoms with Gasteiger partial charge in [0.2, 0.25) is 0 Å². The number of H-pyrrole nitrogens is 1. The minimum atomic E-state index is -1.11. The molecule has 6 rings (SSSR count). The molecule has 0 bridgehead atoms. The molecule has 7 heteroatoms. The molecule has 1 fully saturated rings. The van der Waals surface area contributed by atoms with Crippen molar-refractivity contribution in [1.29, 1.82) is 0 Å². The van der Waals surface area contributed by atoms with E-state index in [1.54, 1.807) is 36.5 Å². The molecular formula is C28H24N4O3. The Hall–Kier alpha value is -4.65. The van der Waals surface area contributed by atoms with Crippen LogP contribution in [0.25, 0.3) is 21.8 Å². The van der Waals surface area contributed by atoms with Crippen molar-refractivity contribution in [2.45, 2.75) is 18.8 Å². The highest BCUT2D eigenvalue weighted by Crippen LogP contribution is 2.39. The van der Waals surface area contributed by atoms with Gasteiger partial charge in [-0.3, -0.25) is 10.1 Å². The summed E-state index contributed by atoms with van der Waals surface area (Å²) >= 11 is 0. The molecule has 1 aliphatic rings. The number of pyridine rings is 2. The Kier molecular flexibility index (Phi) is 6.13. The van der Waals surface area contributed by atoms with Gasteiger partial charge >= 0.3 is 6.09 Å². The largest absolute Gasteiger partial charge is 0.465 e. The number of nitrogens with one attached hydrogen (secondary N) is 3. The minimum Gasteiger partial charge on any atom is -0.465 e. The predicted octanol–water partition coefficient (Wildman–Crippen LogP) is 6.47. The molecule has 5 aromatic rings. The molecule has 0 radical (unpaired) electrons. The number of carboxylic acid groups (broad SMARTS) is 1. The second-order valence-electron chi connectivity index (χ2n) is 8.40. The fraction of sp³-hybridized carbons (Fsp3) is 0.107. The van der Waals surface area contributed by atoms with E-state index < -0.39 is 6.09 Å². The number of hydrogen-bond donors (Lipinski definition) is 4. The highest BCUT2D eigenvalue weighted by atomic mass is 16.4. The number of fused-ring (bicyclic) bond motifs is 3. The Bertz CT molecular complexity index is 1540. The number of anilines is 3. The Balaban J connectivity index is 0.000000234. The summed E-state index contributed by atoms with van der Waals surface area (Å²) in [5, 5.41) is 16.6. The van der Waals surface area contributed by atoms with Gasteiger partial charge in [0, 0.05) is 33.7 Å². The number of hydrogen-bond acceptors (Lipinski definition) is 4. The van der Waals surface area contributed by atoms with Crippen LogP contribution in [0.3, 0.4) is 0 Å². The van der Waals surface area contributed by atoms with Crippen molar-refractivity contribution in [2.24, 2.45) is 0 Å². The molecule has 35 heavy (non-hydrogen) atoms. The number of amides is 1. The maximum absolute atomic E-state index is 12.2. The first-order chi connectivity index (χ1) is 17.1. The van der Waals surface area contributed by atoms with Crippen LogP contribution in [-0.2, 0) is 0 Å². The number of aromatic nitrogens is 2. The van der Waals surface area contributed by atoms with Crippen LogP contribution in [-0.4, -0.2) is 21.2 Å². The minimum absolute atomic E-state index is 0.179. The van der Waals surface area contributed by atoms with E-state index in [1.165, 1.54) is 18.4 Å². The Labute approximate surface area is 201 Å². The molecule has 2 aromatic heterocycles. The van der Waals surface area contributed by atoms with E-state index in [-0.39, 0.29) is 5.56 Å². The van der Waals surface area contributed by atoms with Gasteiger partial charge in [-0.1, -0.05) is 48.5 Å². The fourth-order valence-corrected chi connectivity index (χ4v) is 4.07. The van der Waals surface area contributed by atoms with Gasteiger partial charge in [-0.15, -0.1) is 0 Å². The second kappa shape index (κ2) is 9.69. The standard InChI is InChI=1S/C19H14N4O3.C9H10/c24-18-14-4-2-1-3-13(14)16-15(9-10-20-17(16)23-18)21-11-5-7-12(8-6-11)22-19(25)26;1-2-4-8(5-3-1)9-6-7-9/h1-10,22H,(H,25,26)(H2,20,21,23,24);1-5,9H,6-7H2. The molecule has 4 N–H and O–H groups in total. The summed E-state index contributed by atoms with van der Waals surface area (Å²) in [6.07, 6.45) is 3.32. The lowest BCUT2D eigenvalue weighted by Gasteiger charge is -2.12. The van der Waals surface area contributed by atoms with E-state index in [0.29, 0.717) is 16.7 Å². The molecule has 0 aliphatic heterocycles. The first-order valence-corrected chi connectivity index (χ1v) is 11.4. The van der Waals surface area contributed by atoms with Gasteiger partial charge in [0.1, 0.15) is 5.65 Å². The maximum atomic E-state index is 12.2. The second-order valence-corrected chi connectivity index (χ2v) is 8.40. The van der Waals surface area contributed by atoms with Crippen molar-refractivity contribution in [3.8, 4) is 0 Å². The Morgan fingerprint density at radius 1 is 0.857 bits per heavy atom. The lowest BCUT2D eigenvalue weighted by Crippen LogP contribution is -2.08. The van der Waals surface area contributed by atoms with Crippen LogP contribution in [0, 0.1) is 0 Å². The lowest BCUT2D eigenvalue weighted by molar-refractivity contribution is 0.209. The molecule has 0 unspecified atom stereocenters. The van der Waals surface area contributed by atoms with E-state index in [2.05, 4.69) is 50.9 Å². The van der Waals surface area contributed by atoms with Crippen molar-refractivity contribution < 1.29 is 9.90 Å². The quantitative estimate of drug-likeness (QED) is 0.228. The Morgan fingerprint density at radius 3 is 2.20 bits per heavy atom. The third kappa shape index (κ3) is 5.14. The van der Waals surface area contributed by atoms with Crippen molar-refractivity contribution in [1.82, 2.24) is 9.97 Å². The van der Waals surface area contributed by atoms with E-state index in [4.69, 9.17) is 5.11 Å². The third-order valence-corrected chi connectivity index (χ3v) is 5.89. The zero-order valence-electron chi connectivity index (χ0n) is 18.9. The maximum Gasteiger partial charge on any atom is 0.409 e. The van der Waals surface area contributed by atoms with Crippen LogP contribution in [0.15, 0.2) is 95.9 Å². The van der Waals surface area contributed by atoms with Gasteiger partial charge in [0.25, 0.3) is 5.56 Å². The first-order valence-electron chi connectivity index (χ1n) is 11.4. The van der Waals surface area contributed by atoms with Crippen molar-refractivity contribution >= 4 is 45.0 Å². The summed E-state index contributed by atoms with van der Waals surface area (Å²) in [5.74, 6) is 0.909. The number of carbonyl (C=O) groups is 1. The zero-order valence-corrected chi connectivity index (χ0v) is 18.9. The van der Waals surface area contributed by atoms with E-state index >= 15 is 0 Å². The molecule has 0 saturated heterocycles. The molecule has 1 amide bonds. The van der Waals surface area contributed by atoms with Crippen LogP contribution < -0.4 is 16.2 Å². The van der Waals surface area contributed by atoms with Gasteiger partial charge in [-0.25, -0.2) is 9.78 Å². The van der Waals surface area contributed by atoms with Crippen LogP contribution >= 0.6 is 0 Å². The summed E-state index contributed by atoms with van der Waals surface area (Å²) in [7, 11) is 0. The summed E-state index contributed by atoms with van der Waals surface area (Å²) in [4.78, 5) is 30.0. The average molecular weight is 465 g/mol. The zero-order chi connectivity index (χ0) is 24.2. The first kappa shape index (κ1) is 22.2. The lowest BCUT2D eigenvalue weighted by atomic mass is 10.1. The van der Waals surface area contributed by atoms with Crippen LogP contribution in [0.2, 0.25) is 0 Å². The molecule has 7 nitrogen and oxygen atoms in total. The van der Waals surface area contributed by atoms with E-state index in [0.717, 1.165) is 28.1 Å². The summed E-state index contributed by atoms with van der Waals surface area (Å²) in [5.41, 5.74) is 3.91. The topological polar surface area (TPSA) is 107 Å². The number of aromatic amines is 1. The van der Waals surface area contributed by atoms with Gasteiger partial charge < -0.3 is 15.4 Å². The van der Waals surface area contributed by atoms with Crippen LogP contribution in [0.4, 0.5) is 21.9 Å². The van der Waals surface area contributed by atoms with Crippen molar-refractivity contribution in [2.75, 3.05) is 10.6 Å². The van der Waals surface area contributed by atoms with Gasteiger partial charge in [0.15, 0.2) is 0 Å². The third-order valence-electron chi connectivity index (χ3n) is 5.89. The molecule has 1 aliphatic carbocycles.